The molecule has 132 valence electrons. The first-order valence-electron chi connectivity index (χ1n) is 8.51. The Morgan fingerprint density at radius 3 is 1.81 bits per heavy atom. The van der Waals surface area contributed by atoms with Crippen LogP contribution in [-0.4, -0.2) is 12.5 Å². The van der Waals surface area contributed by atoms with Gasteiger partial charge in [-0.25, -0.2) is 0 Å². The highest BCUT2D eigenvalue weighted by molar-refractivity contribution is 5.72. The molecule has 0 atom stereocenters. The van der Waals surface area contributed by atoms with Gasteiger partial charge in [-0.3, -0.25) is 9.63 Å². The van der Waals surface area contributed by atoms with Crippen LogP contribution in [0.15, 0.2) is 91.0 Å². The number of hydrogen-bond acceptors (Lipinski definition) is 4. The van der Waals surface area contributed by atoms with E-state index in [4.69, 9.17) is 9.57 Å². The van der Waals surface area contributed by atoms with E-state index in [9.17, 15) is 4.79 Å². The highest BCUT2D eigenvalue weighted by Crippen LogP contribution is 2.25. The zero-order chi connectivity index (χ0) is 18.0. The van der Waals surface area contributed by atoms with E-state index in [2.05, 4.69) is 5.48 Å². The molecule has 0 amide bonds. The van der Waals surface area contributed by atoms with Gasteiger partial charge in [-0.05, 0) is 16.7 Å². The molecule has 0 aromatic heterocycles. The molecule has 0 aliphatic rings. The van der Waals surface area contributed by atoms with Crippen molar-refractivity contribution in [1.82, 2.24) is 5.48 Å². The fraction of sp³-hybridized carbons (Fsp3) is 0.136. The van der Waals surface area contributed by atoms with Crippen LogP contribution in [0.5, 0.6) is 0 Å². The second-order valence-electron chi connectivity index (χ2n) is 5.79. The number of nitrogens with one attached hydrogen (secondary N) is 1. The number of ether oxygens (including phenoxy) is 1. The third-order valence-corrected chi connectivity index (χ3v) is 3.85. The van der Waals surface area contributed by atoms with Gasteiger partial charge in [0.05, 0.1) is 6.61 Å². The van der Waals surface area contributed by atoms with Gasteiger partial charge in [0, 0.05) is 0 Å². The summed E-state index contributed by atoms with van der Waals surface area (Å²) in [6, 6.07) is 29.1. The molecule has 0 radical (unpaired) electrons. The molecule has 4 heteroatoms. The highest BCUT2D eigenvalue weighted by Gasteiger charge is 2.18. The topological polar surface area (TPSA) is 47.6 Å². The number of benzene rings is 3. The molecular weight excluding hydrogens is 326 g/mol. The minimum atomic E-state index is -0.444. The highest BCUT2D eigenvalue weighted by atomic mass is 16.6. The first-order valence-corrected chi connectivity index (χ1v) is 8.51. The van der Waals surface area contributed by atoms with Crippen molar-refractivity contribution in [3.8, 4) is 0 Å². The smallest absolute Gasteiger partial charge is 0.323 e. The molecule has 0 aliphatic heterocycles. The Morgan fingerprint density at radius 2 is 1.27 bits per heavy atom. The lowest BCUT2D eigenvalue weighted by Gasteiger charge is -2.19. The lowest BCUT2D eigenvalue weighted by molar-refractivity contribution is -0.149. The molecule has 4 nitrogen and oxygen atoms in total. The summed E-state index contributed by atoms with van der Waals surface area (Å²) >= 11 is 0. The lowest BCUT2D eigenvalue weighted by Crippen LogP contribution is -2.26. The summed E-state index contributed by atoms with van der Waals surface area (Å²) in [7, 11) is 0. The third kappa shape index (κ3) is 5.28. The zero-order valence-corrected chi connectivity index (χ0v) is 14.4. The van der Waals surface area contributed by atoms with Gasteiger partial charge in [-0.1, -0.05) is 91.0 Å². The zero-order valence-electron chi connectivity index (χ0n) is 14.4. The Labute approximate surface area is 153 Å². The standard InChI is InChI=1S/C22H21NO3/c24-21(16-23-25-17-18-10-4-1-5-11-18)26-22(19-12-6-2-7-13-19)20-14-8-3-9-15-20/h1-15,22-23H,16-17H2. The molecule has 0 bridgehead atoms. The van der Waals surface area contributed by atoms with E-state index >= 15 is 0 Å². The molecule has 3 aromatic carbocycles. The predicted octanol–water partition coefficient (Wildman–Crippen LogP) is 4.04. The number of hydrogen-bond donors (Lipinski definition) is 1. The van der Waals surface area contributed by atoms with Crippen molar-refractivity contribution in [2.45, 2.75) is 12.7 Å². The van der Waals surface area contributed by atoms with Crippen LogP contribution in [0.3, 0.4) is 0 Å². The average Bonchev–Trinajstić information content (AvgIpc) is 2.71. The van der Waals surface area contributed by atoms with Crippen molar-refractivity contribution in [2.75, 3.05) is 6.54 Å². The van der Waals surface area contributed by atoms with E-state index in [1.807, 2.05) is 91.0 Å². The van der Waals surface area contributed by atoms with Crippen LogP contribution in [0, 0.1) is 0 Å². The van der Waals surface area contributed by atoms with Gasteiger partial charge in [-0.2, -0.15) is 5.48 Å². The summed E-state index contributed by atoms with van der Waals surface area (Å²) in [4.78, 5) is 17.6. The first kappa shape index (κ1) is 17.9. The van der Waals surface area contributed by atoms with Crippen molar-refractivity contribution in [3.05, 3.63) is 108 Å². The normalized spacial score (nSPS) is 10.7. The Balaban J connectivity index is 1.56. The molecule has 0 unspecified atom stereocenters. The van der Waals surface area contributed by atoms with Gasteiger partial charge in [-0.15, -0.1) is 0 Å². The monoisotopic (exact) mass is 347 g/mol. The number of carbonyl (C=O) groups excluding carboxylic acids is 1. The van der Waals surface area contributed by atoms with Crippen molar-refractivity contribution in [2.24, 2.45) is 0 Å². The molecule has 3 rings (SSSR count). The molecule has 0 aliphatic carbocycles. The minimum absolute atomic E-state index is 0.0248. The van der Waals surface area contributed by atoms with Crippen LogP contribution in [0.2, 0.25) is 0 Å². The van der Waals surface area contributed by atoms with Crippen molar-refractivity contribution in [1.29, 1.82) is 0 Å². The van der Waals surface area contributed by atoms with Crippen LogP contribution >= 0.6 is 0 Å². The van der Waals surface area contributed by atoms with Gasteiger partial charge >= 0.3 is 5.97 Å². The molecule has 1 N–H and O–H groups in total. The Kier molecular flexibility index (Phi) is 6.53. The first-order chi connectivity index (χ1) is 12.8. The van der Waals surface area contributed by atoms with Crippen LogP contribution in [0.4, 0.5) is 0 Å². The van der Waals surface area contributed by atoms with Crippen molar-refractivity contribution < 1.29 is 14.4 Å². The van der Waals surface area contributed by atoms with Gasteiger partial charge in [0.2, 0.25) is 0 Å². The summed E-state index contributed by atoms with van der Waals surface area (Å²) < 4.78 is 5.69. The quantitative estimate of drug-likeness (QED) is 0.379. The van der Waals surface area contributed by atoms with Gasteiger partial charge in [0.25, 0.3) is 0 Å². The number of carbonyl (C=O) groups is 1. The second kappa shape index (κ2) is 9.51. The summed E-state index contributed by atoms with van der Waals surface area (Å²) in [5.74, 6) is -0.379. The SMILES string of the molecule is O=C(CNOCc1ccccc1)OC(c1ccccc1)c1ccccc1. The van der Waals surface area contributed by atoms with E-state index in [1.54, 1.807) is 0 Å². The summed E-state index contributed by atoms with van der Waals surface area (Å²) in [5.41, 5.74) is 5.55. The molecule has 0 saturated carbocycles. The molecule has 0 fully saturated rings. The average molecular weight is 347 g/mol. The molecule has 0 saturated heterocycles. The summed E-state index contributed by atoms with van der Waals surface area (Å²) in [5, 5.41) is 0. The van der Waals surface area contributed by atoms with Gasteiger partial charge in [0.15, 0.2) is 6.10 Å². The van der Waals surface area contributed by atoms with Crippen molar-refractivity contribution in [3.63, 3.8) is 0 Å². The third-order valence-electron chi connectivity index (χ3n) is 3.85. The van der Waals surface area contributed by atoms with Crippen LogP contribution < -0.4 is 5.48 Å². The molecule has 0 heterocycles. The predicted molar refractivity (Wildman–Crippen MR) is 100 cm³/mol. The summed E-state index contributed by atoms with van der Waals surface area (Å²) in [6.45, 7) is 0.359. The van der Waals surface area contributed by atoms with E-state index in [-0.39, 0.29) is 12.5 Å². The molecule has 0 spiro atoms. The Hall–Kier alpha value is -2.95. The molecule has 26 heavy (non-hydrogen) atoms. The van der Waals surface area contributed by atoms with Crippen molar-refractivity contribution >= 4 is 5.97 Å². The van der Waals surface area contributed by atoms with Crippen LogP contribution in [-0.2, 0) is 21.0 Å². The Morgan fingerprint density at radius 1 is 0.769 bits per heavy atom. The fourth-order valence-corrected chi connectivity index (χ4v) is 2.58. The van der Waals surface area contributed by atoms with Gasteiger partial charge in [0.1, 0.15) is 6.54 Å². The number of esters is 1. The molecule has 3 aromatic rings. The van der Waals surface area contributed by atoms with E-state index in [0.29, 0.717) is 6.61 Å². The van der Waals surface area contributed by atoms with Gasteiger partial charge < -0.3 is 4.74 Å². The maximum atomic E-state index is 12.2. The fourth-order valence-electron chi connectivity index (χ4n) is 2.58. The van der Waals surface area contributed by atoms with E-state index < -0.39 is 6.10 Å². The number of rotatable bonds is 8. The van der Waals surface area contributed by atoms with E-state index in [1.165, 1.54) is 0 Å². The van der Waals surface area contributed by atoms with Crippen LogP contribution in [0.1, 0.15) is 22.8 Å². The largest absolute Gasteiger partial charge is 0.452 e. The Bertz CT molecular complexity index is 752. The number of hydroxylamine groups is 1. The summed E-state index contributed by atoms with van der Waals surface area (Å²) in [6.07, 6.45) is -0.444. The van der Waals surface area contributed by atoms with Crippen LogP contribution in [0.25, 0.3) is 0 Å². The minimum Gasteiger partial charge on any atom is -0.452 e. The lowest BCUT2D eigenvalue weighted by atomic mass is 10.0. The molecular formula is C22H21NO3. The maximum Gasteiger partial charge on any atom is 0.323 e. The maximum absolute atomic E-state index is 12.2. The van der Waals surface area contributed by atoms with E-state index in [0.717, 1.165) is 16.7 Å². The second-order valence-corrected chi connectivity index (χ2v) is 5.79.